The third-order valence-electron chi connectivity index (χ3n) is 3.64. The molecular formula is C15H26N2O3. The normalized spacial score (nSPS) is 13.6. The van der Waals surface area contributed by atoms with Crippen LogP contribution in [-0.4, -0.2) is 40.6 Å². The second-order valence-corrected chi connectivity index (χ2v) is 5.58. The fraction of sp³-hybridized carbons (Fsp3) is 0.667. The lowest BCUT2D eigenvalue weighted by Crippen LogP contribution is -2.50. The van der Waals surface area contributed by atoms with Gasteiger partial charge in [0.25, 0.3) is 5.91 Å². The molecule has 2 N–H and O–H groups in total. The lowest BCUT2D eigenvalue weighted by molar-refractivity contribution is 0.0685. The molecule has 1 unspecified atom stereocenters. The molecule has 1 amide bonds. The van der Waals surface area contributed by atoms with Gasteiger partial charge in [0.05, 0.1) is 18.2 Å². The molecule has 114 valence electrons. The molecule has 0 radical (unpaired) electrons. The van der Waals surface area contributed by atoms with Crippen LogP contribution < -0.4 is 5.32 Å². The Morgan fingerprint density at radius 3 is 2.50 bits per heavy atom. The Labute approximate surface area is 121 Å². The number of nitrogens with zero attached hydrogens (tertiary/aromatic N) is 1. The highest BCUT2D eigenvalue weighted by atomic mass is 16.4. The van der Waals surface area contributed by atoms with Gasteiger partial charge in [-0.2, -0.15) is 0 Å². The summed E-state index contributed by atoms with van der Waals surface area (Å²) < 4.78 is 5.57. The minimum atomic E-state index is -0.692. The highest BCUT2D eigenvalue weighted by Crippen LogP contribution is 2.14. The third kappa shape index (κ3) is 4.35. The van der Waals surface area contributed by atoms with Crippen LogP contribution in [0.2, 0.25) is 0 Å². The quantitative estimate of drug-likeness (QED) is 0.803. The number of amides is 1. The van der Waals surface area contributed by atoms with E-state index in [-0.39, 0.29) is 11.7 Å². The molecule has 1 aromatic rings. The summed E-state index contributed by atoms with van der Waals surface area (Å²) in [6, 6.07) is 3.49. The second kappa shape index (κ2) is 6.90. The Balaban J connectivity index is 2.69. The molecule has 0 saturated carbocycles. The number of aliphatic hydroxyl groups is 1. The molecular weight excluding hydrogens is 256 g/mol. The van der Waals surface area contributed by atoms with Crippen molar-refractivity contribution in [3.05, 3.63) is 23.7 Å². The van der Waals surface area contributed by atoms with E-state index in [1.165, 1.54) is 0 Å². The van der Waals surface area contributed by atoms with Crippen molar-refractivity contribution < 1.29 is 14.3 Å². The first-order valence-electron chi connectivity index (χ1n) is 7.11. The first-order chi connectivity index (χ1) is 9.30. The Kier molecular flexibility index (Phi) is 5.77. The lowest BCUT2D eigenvalue weighted by Gasteiger charge is -2.28. The molecule has 1 rings (SSSR count). The molecule has 0 aliphatic heterocycles. The maximum atomic E-state index is 12.1. The Hall–Kier alpha value is -1.33. The van der Waals surface area contributed by atoms with Gasteiger partial charge in [-0.1, -0.05) is 13.8 Å². The van der Waals surface area contributed by atoms with Crippen molar-refractivity contribution in [1.82, 2.24) is 10.2 Å². The van der Waals surface area contributed by atoms with Crippen molar-refractivity contribution in [1.29, 1.82) is 0 Å². The van der Waals surface area contributed by atoms with Gasteiger partial charge in [0.2, 0.25) is 0 Å². The Morgan fingerprint density at radius 1 is 1.40 bits per heavy atom. The maximum absolute atomic E-state index is 12.1. The molecule has 0 bridgehead atoms. The molecule has 5 nitrogen and oxygen atoms in total. The van der Waals surface area contributed by atoms with E-state index >= 15 is 0 Å². The van der Waals surface area contributed by atoms with E-state index in [1.807, 2.05) is 6.07 Å². The zero-order valence-electron chi connectivity index (χ0n) is 13.1. The van der Waals surface area contributed by atoms with Gasteiger partial charge in [0.1, 0.15) is 5.76 Å². The van der Waals surface area contributed by atoms with Gasteiger partial charge in [-0.3, -0.25) is 9.69 Å². The van der Waals surface area contributed by atoms with Crippen molar-refractivity contribution >= 4 is 5.91 Å². The lowest BCUT2D eigenvalue weighted by atomic mass is 9.99. The smallest absolute Gasteiger partial charge is 0.287 e. The zero-order chi connectivity index (χ0) is 15.3. The van der Waals surface area contributed by atoms with E-state index in [0.29, 0.717) is 6.54 Å². The van der Waals surface area contributed by atoms with E-state index < -0.39 is 11.6 Å². The maximum Gasteiger partial charge on any atom is 0.287 e. The van der Waals surface area contributed by atoms with Gasteiger partial charge in [0, 0.05) is 0 Å². The number of furan rings is 1. The van der Waals surface area contributed by atoms with Crippen LogP contribution in [0.5, 0.6) is 0 Å². The SMILES string of the molecule is CCN(CC)Cc1ccc(C(=O)NC(C)(C)C(C)O)o1. The molecule has 0 aliphatic carbocycles. The fourth-order valence-corrected chi connectivity index (χ4v) is 1.71. The summed E-state index contributed by atoms with van der Waals surface area (Å²) in [5.41, 5.74) is -0.692. The molecule has 1 heterocycles. The number of carbonyl (C=O) groups excluding carboxylic acids is 1. The average Bonchev–Trinajstić information content (AvgIpc) is 2.83. The largest absolute Gasteiger partial charge is 0.455 e. The van der Waals surface area contributed by atoms with Gasteiger partial charge in [-0.05, 0) is 46.0 Å². The highest BCUT2D eigenvalue weighted by molar-refractivity contribution is 5.92. The van der Waals surface area contributed by atoms with E-state index in [2.05, 4.69) is 24.1 Å². The van der Waals surface area contributed by atoms with E-state index in [9.17, 15) is 9.90 Å². The number of aliphatic hydroxyl groups excluding tert-OH is 1. The van der Waals surface area contributed by atoms with Crippen molar-refractivity contribution in [2.45, 2.75) is 52.8 Å². The number of hydrogen-bond donors (Lipinski definition) is 2. The number of nitrogens with one attached hydrogen (secondary N) is 1. The standard InChI is InChI=1S/C15H26N2O3/c1-6-17(7-2)10-12-8-9-13(20-12)14(19)16-15(4,5)11(3)18/h8-9,11,18H,6-7,10H2,1-5H3,(H,16,19). The highest BCUT2D eigenvalue weighted by Gasteiger charge is 2.27. The predicted octanol–water partition coefficient (Wildman–Crippen LogP) is 2.01. The predicted molar refractivity (Wildman–Crippen MR) is 78.6 cm³/mol. The zero-order valence-corrected chi connectivity index (χ0v) is 13.1. The number of rotatable bonds is 7. The van der Waals surface area contributed by atoms with Crippen LogP contribution >= 0.6 is 0 Å². The van der Waals surface area contributed by atoms with Gasteiger partial charge >= 0.3 is 0 Å². The summed E-state index contributed by atoms with van der Waals surface area (Å²) in [4.78, 5) is 14.3. The Bertz CT molecular complexity index is 434. The van der Waals surface area contributed by atoms with Gasteiger partial charge in [-0.15, -0.1) is 0 Å². The van der Waals surface area contributed by atoms with Crippen LogP contribution in [0.4, 0.5) is 0 Å². The molecule has 0 aromatic carbocycles. The molecule has 5 heteroatoms. The molecule has 1 aromatic heterocycles. The summed E-state index contributed by atoms with van der Waals surface area (Å²) in [6.45, 7) is 11.9. The molecule has 0 aliphatic rings. The first-order valence-corrected chi connectivity index (χ1v) is 7.11. The molecule has 1 atom stereocenters. The first kappa shape index (κ1) is 16.7. The molecule has 0 spiro atoms. The fourth-order valence-electron chi connectivity index (χ4n) is 1.71. The van der Waals surface area contributed by atoms with Crippen molar-refractivity contribution in [2.75, 3.05) is 13.1 Å². The molecule has 20 heavy (non-hydrogen) atoms. The summed E-state index contributed by atoms with van der Waals surface area (Å²) in [5.74, 6) is 0.747. The van der Waals surface area contributed by atoms with Crippen LogP contribution in [0.3, 0.4) is 0 Å². The molecule has 0 saturated heterocycles. The van der Waals surface area contributed by atoms with Crippen molar-refractivity contribution in [3.63, 3.8) is 0 Å². The summed E-state index contributed by atoms with van der Waals surface area (Å²) in [5, 5.41) is 12.4. The summed E-state index contributed by atoms with van der Waals surface area (Å²) >= 11 is 0. The molecule has 0 fully saturated rings. The van der Waals surface area contributed by atoms with Crippen molar-refractivity contribution in [2.24, 2.45) is 0 Å². The van der Waals surface area contributed by atoms with Crippen LogP contribution in [0.1, 0.15) is 50.9 Å². The van der Waals surface area contributed by atoms with Gasteiger partial charge in [-0.25, -0.2) is 0 Å². The van der Waals surface area contributed by atoms with Crippen LogP contribution in [0.15, 0.2) is 16.5 Å². The summed E-state index contributed by atoms with van der Waals surface area (Å²) in [6.07, 6.45) is -0.642. The minimum Gasteiger partial charge on any atom is -0.455 e. The van der Waals surface area contributed by atoms with Crippen LogP contribution in [0.25, 0.3) is 0 Å². The minimum absolute atomic E-state index is 0.279. The average molecular weight is 282 g/mol. The van der Waals surface area contributed by atoms with Gasteiger partial charge < -0.3 is 14.8 Å². The summed E-state index contributed by atoms with van der Waals surface area (Å²) in [7, 11) is 0. The van der Waals surface area contributed by atoms with Crippen LogP contribution in [-0.2, 0) is 6.54 Å². The third-order valence-corrected chi connectivity index (χ3v) is 3.64. The van der Waals surface area contributed by atoms with Crippen LogP contribution in [0, 0.1) is 0 Å². The second-order valence-electron chi connectivity index (χ2n) is 5.58. The topological polar surface area (TPSA) is 65.7 Å². The van der Waals surface area contributed by atoms with Gasteiger partial charge in [0.15, 0.2) is 5.76 Å². The number of hydrogen-bond acceptors (Lipinski definition) is 4. The number of carbonyl (C=O) groups is 1. The van der Waals surface area contributed by atoms with E-state index in [1.54, 1.807) is 26.8 Å². The van der Waals surface area contributed by atoms with E-state index in [0.717, 1.165) is 18.8 Å². The van der Waals surface area contributed by atoms with Crippen molar-refractivity contribution in [3.8, 4) is 0 Å². The van der Waals surface area contributed by atoms with E-state index in [4.69, 9.17) is 4.42 Å². The monoisotopic (exact) mass is 282 g/mol. The Morgan fingerprint density at radius 2 is 2.00 bits per heavy atom.